The second-order valence-corrected chi connectivity index (χ2v) is 5.06. The SMILES string of the molecule is N#CC(CCOc1ccc(Cl)cc1)c1ccc([N+](=O)[O-])cc1. The molecular weight excluding hydrogens is 304 g/mol. The van der Waals surface area contributed by atoms with E-state index in [1.807, 2.05) is 0 Å². The number of hydrogen-bond acceptors (Lipinski definition) is 4. The molecule has 0 heterocycles. The molecule has 0 N–H and O–H groups in total. The number of nitro benzene ring substituents is 1. The lowest BCUT2D eigenvalue weighted by Gasteiger charge is -2.11. The van der Waals surface area contributed by atoms with Gasteiger partial charge in [0.1, 0.15) is 5.75 Å². The van der Waals surface area contributed by atoms with Gasteiger partial charge in [-0.3, -0.25) is 10.1 Å². The highest BCUT2D eigenvalue weighted by atomic mass is 35.5. The molecule has 0 radical (unpaired) electrons. The summed E-state index contributed by atoms with van der Waals surface area (Å²) in [5, 5.41) is 20.5. The monoisotopic (exact) mass is 316 g/mol. The summed E-state index contributed by atoms with van der Waals surface area (Å²) in [5.74, 6) is 0.317. The summed E-state index contributed by atoms with van der Waals surface area (Å²) in [7, 11) is 0. The first kappa shape index (κ1) is 15.8. The van der Waals surface area contributed by atoms with Crippen molar-refractivity contribution in [3.8, 4) is 11.8 Å². The van der Waals surface area contributed by atoms with Gasteiger partial charge in [0.15, 0.2) is 0 Å². The van der Waals surface area contributed by atoms with Gasteiger partial charge in [-0.2, -0.15) is 5.26 Å². The lowest BCUT2D eigenvalue weighted by molar-refractivity contribution is -0.384. The predicted octanol–water partition coefficient (Wildman–Crippen LogP) is 4.32. The van der Waals surface area contributed by atoms with Gasteiger partial charge >= 0.3 is 0 Å². The highest BCUT2D eigenvalue weighted by Gasteiger charge is 2.13. The summed E-state index contributed by atoms with van der Waals surface area (Å²) in [5.41, 5.74) is 0.755. The molecule has 0 fully saturated rings. The largest absolute Gasteiger partial charge is 0.494 e. The second kappa shape index (κ2) is 7.43. The van der Waals surface area contributed by atoms with Crippen LogP contribution in [0.1, 0.15) is 17.9 Å². The molecule has 0 saturated carbocycles. The van der Waals surface area contributed by atoms with Gasteiger partial charge in [-0.05, 0) is 29.8 Å². The average molecular weight is 317 g/mol. The van der Waals surface area contributed by atoms with Crippen molar-refractivity contribution in [3.63, 3.8) is 0 Å². The summed E-state index contributed by atoms with van der Waals surface area (Å²) in [6, 6.07) is 15.2. The minimum absolute atomic E-state index is 0.0119. The zero-order valence-electron chi connectivity index (χ0n) is 11.6. The van der Waals surface area contributed by atoms with E-state index in [9.17, 15) is 15.4 Å². The van der Waals surface area contributed by atoms with E-state index in [1.54, 1.807) is 36.4 Å². The molecule has 0 saturated heterocycles. The number of nitro groups is 1. The summed E-state index contributed by atoms with van der Waals surface area (Å²) in [6.07, 6.45) is 0.497. The fraction of sp³-hybridized carbons (Fsp3) is 0.188. The van der Waals surface area contributed by atoms with Crippen LogP contribution in [0.4, 0.5) is 5.69 Å². The summed E-state index contributed by atoms with van der Waals surface area (Å²) in [4.78, 5) is 10.2. The molecule has 0 aliphatic carbocycles. The number of hydrogen-bond donors (Lipinski definition) is 0. The number of nitrogens with zero attached hydrogens (tertiary/aromatic N) is 2. The van der Waals surface area contributed by atoms with Gasteiger partial charge in [-0.25, -0.2) is 0 Å². The molecule has 6 heteroatoms. The van der Waals surface area contributed by atoms with Crippen molar-refractivity contribution in [2.45, 2.75) is 12.3 Å². The van der Waals surface area contributed by atoms with E-state index in [2.05, 4.69) is 6.07 Å². The van der Waals surface area contributed by atoms with Crippen molar-refractivity contribution >= 4 is 17.3 Å². The lowest BCUT2D eigenvalue weighted by Crippen LogP contribution is -2.04. The van der Waals surface area contributed by atoms with Gasteiger partial charge in [-0.1, -0.05) is 23.7 Å². The zero-order chi connectivity index (χ0) is 15.9. The fourth-order valence-electron chi connectivity index (χ4n) is 1.96. The van der Waals surface area contributed by atoms with E-state index in [-0.39, 0.29) is 11.6 Å². The van der Waals surface area contributed by atoms with E-state index in [0.717, 1.165) is 5.56 Å². The van der Waals surface area contributed by atoms with Crippen LogP contribution in [-0.4, -0.2) is 11.5 Å². The van der Waals surface area contributed by atoms with Crippen LogP contribution in [0.2, 0.25) is 5.02 Å². The molecule has 1 unspecified atom stereocenters. The van der Waals surface area contributed by atoms with Crippen LogP contribution in [0, 0.1) is 21.4 Å². The quantitative estimate of drug-likeness (QED) is 0.587. The summed E-state index contributed by atoms with van der Waals surface area (Å²) < 4.78 is 5.56. The Balaban J connectivity index is 1.93. The average Bonchev–Trinajstić information content (AvgIpc) is 2.53. The Labute approximate surface area is 132 Å². The van der Waals surface area contributed by atoms with Crippen LogP contribution >= 0.6 is 11.6 Å². The van der Waals surface area contributed by atoms with Gasteiger partial charge in [0, 0.05) is 23.6 Å². The molecule has 0 aromatic heterocycles. The van der Waals surface area contributed by atoms with Crippen LogP contribution in [0.25, 0.3) is 0 Å². The maximum atomic E-state index is 10.6. The first-order valence-electron chi connectivity index (χ1n) is 6.62. The third-order valence-electron chi connectivity index (χ3n) is 3.15. The molecule has 5 nitrogen and oxygen atoms in total. The molecule has 1 atom stereocenters. The number of non-ortho nitro benzene ring substituents is 1. The standard InChI is InChI=1S/C16H13ClN2O3/c17-14-3-7-16(8-4-14)22-10-9-13(11-18)12-1-5-15(6-2-12)19(20)21/h1-8,13H,9-10H2. The zero-order valence-corrected chi connectivity index (χ0v) is 12.4. The Morgan fingerprint density at radius 3 is 2.36 bits per heavy atom. The lowest BCUT2D eigenvalue weighted by atomic mass is 9.97. The van der Waals surface area contributed by atoms with E-state index >= 15 is 0 Å². The van der Waals surface area contributed by atoms with Gasteiger partial charge in [-0.15, -0.1) is 0 Å². The van der Waals surface area contributed by atoms with Gasteiger partial charge in [0.05, 0.1) is 23.5 Å². The van der Waals surface area contributed by atoms with Crippen molar-refractivity contribution in [2.75, 3.05) is 6.61 Å². The molecule has 112 valence electrons. The van der Waals surface area contributed by atoms with Gasteiger partial charge in [0.25, 0.3) is 5.69 Å². The molecule has 0 amide bonds. The Bertz CT molecular complexity index is 678. The van der Waals surface area contributed by atoms with Crippen LogP contribution in [0.3, 0.4) is 0 Å². The maximum Gasteiger partial charge on any atom is 0.269 e. The maximum absolute atomic E-state index is 10.6. The Hall–Kier alpha value is -2.58. The molecule has 0 bridgehead atoms. The van der Waals surface area contributed by atoms with Crippen molar-refractivity contribution in [3.05, 3.63) is 69.2 Å². The Kier molecular flexibility index (Phi) is 5.34. The third kappa shape index (κ3) is 4.21. The van der Waals surface area contributed by atoms with Crippen LogP contribution in [0.15, 0.2) is 48.5 Å². The van der Waals surface area contributed by atoms with E-state index in [1.165, 1.54) is 12.1 Å². The van der Waals surface area contributed by atoms with Crippen LogP contribution in [-0.2, 0) is 0 Å². The minimum Gasteiger partial charge on any atom is -0.494 e. The number of nitriles is 1. The normalized spacial score (nSPS) is 11.5. The van der Waals surface area contributed by atoms with E-state index in [4.69, 9.17) is 16.3 Å². The molecule has 0 spiro atoms. The molecule has 2 aromatic rings. The van der Waals surface area contributed by atoms with Gasteiger partial charge in [0.2, 0.25) is 0 Å². The third-order valence-corrected chi connectivity index (χ3v) is 3.40. The minimum atomic E-state index is -0.463. The number of halogens is 1. The highest BCUT2D eigenvalue weighted by Crippen LogP contribution is 2.23. The molecule has 0 aliphatic rings. The van der Waals surface area contributed by atoms with Crippen LogP contribution in [0.5, 0.6) is 5.75 Å². The Morgan fingerprint density at radius 2 is 1.82 bits per heavy atom. The van der Waals surface area contributed by atoms with Crippen molar-refractivity contribution < 1.29 is 9.66 Å². The van der Waals surface area contributed by atoms with Crippen molar-refractivity contribution in [2.24, 2.45) is 0 Å². The predicted molar refractivity (Wildman–Crippen MR) is 83.0 cm³/mol. The number of ether oxygens (including phenoxy) is 1. The fourth-order valence-corrected chi connectivity index (χ4v) is 2.09. The highest BCUT2D eigenvalue weighted by molar-refractivity contribution is 6.30. The van der Waals surface area contributed by atoms with Crippen molar-refractivity contribution in [1.82, 2.24) is 0 Å². The van der Waals surface area contributed by atoms with E-state index in [0.29, 0.717) is 23.8 Å². The molecule has 0 aliphatic heterocycles. The number of rotatable bonds is 6. The smallest absolute Gasteiger partial charge is 0.269 e. The topological polar surface area (TPSA) is 76.2 Å². The Morgan fingerprint density at radius 1 is 1.18 bits per heavy atom. The second-order valence-electron chi connectivity index (χ2n) is 4.62. The van der Waals surface area contributed by atoms with Gasteiger partial charge < -0.3 is 4.74 Å². The van der Waals surface area contributed by atoms with Crippen LogP contribution < -0.4 is 4.74 Å². The van der Waals surface area contributed by atoms with Crippen molar-refractivity contribution in [1.29, 1.82) is 5.26 Å². The first-order chi connectivity index (χ1) is 10.6. The molecule has 2 rings (SSSR count). The summed E-state index contributed by atoms with van der Waals surface area (Å²) >= 11 is 5.79. The number of benzene rings is 2. The first-order valence-corrected chi connectivity index (χ1v) is 7.00. The van der Waals surface area contributed by atoms with E-state index < -0.39 is 4.92 Å². The summed E-state index contributed by atoms with van der Waals surface area (Å²) in [6.45, 7) is 0.372. The molecular formula is C16H13ClN2O3. The molecule has 2 aromatic carbocycles. The molecule has 22 heavy (non-hydrogen) atoms.